The van der Waals surface area contributed by atoms with Gasteiger partial charge in [0.15, 0.2) is 0 Å². The molecule has 10 heteroatoms. The third kappa shape index (κ3) is 4.18. The van der Waals surface area contributed by atoms with Gasteiger partial charge in [-0.25, -0.2) is 0 Å². The minimum Gasteiger partial charge on any atom is -0.351 e. The van der Waals surface area contributed by atoms with Crippen molar-refractivity contribution in [2.75, 3.05) is 13.1 Å². The highest BCUT2D eigenvalue weighted by Gasteiger charge is 2.38. The normalized spacial score (nSPS) is 10.9. The molecule has 0 aliphatic carbocycles. The Morgan fingerprint density at radius 3 is 2.41 bits per heavy atom. The molecule has 1 aromatic carbocycles. The van der Waals surface area contributed by atoms with Crippen LogP contribution in [0.4, 0.5) is 13.2 Å². The predicted molar refractivity (Wildman–Crippen MR) is 73.4 cm³/mol. The van der Waals surface area contributed by atoms with Crippen molar-refractivity contribution in [1.82, 2.24) is 15.5 Å². The predicted octanol–water partition coefficient (Wildman–Crippen LogP) is 1.87. The van der Waals surface area contributed by atoms with E-state index in [-0.39, 0.29) is 24.1 Å². The number of nitrogens with zero attached hydrogens (tertiary/aromatic N) is 2. The molecule has 1 heterocycles. The molecular formula is C12H12ClF3N4O2. The van der Waals surface area contributed by atoms with E-state index in [1.54, 1.807) is 0 Å². The quantitative estimate of drug-likeness (QED) is 0.889. The maximum Gasteiger partial charge on any atom is 0.471 e. The number of hydrogen-bond donors (Lipinski definition) is 2. The van der Waals surface area contributed by atoms with E-state index in [1.165, 1.54) is 24.3 Å². The molecule has 0 saturated carbocycles. The third-order valence-electron chi connectivity index (χ3n) is 2.50. The van der Waals surface area contributed by atoms with E-state index >= 15 is 0 Å². The largest absolute Gasteiger partial charge is 0.471 e. The number of alkyl halides is 3. The molecule has 1 amide bonds. The van der Waals surface area contributed by atoms with Gasteiger partial charge < -0.3 is 15.6 Å². The highest BCUT2D eigenvalue weighted by atomic mass is 35.5. The molecule has 0 radical (unpaired) electrons. The number of benzene rings is 1. The first kappa shape index (κ1) is 17.9. The van der Waals surface area contributed by atoms with Crippen LogP contribution in [0, 0.1) is 0 Å². The van der Waals surface area contributed by atoms with Crippen LogP contribution in [-0.2, 0) is 6.18 Å². The second kappa shape index (κ2) is 7.23. The van der Waals surface area contributed by atoms with Gasteiger partial charge in [-0.15, -0.1) is 12.4 Å². The molecule has 22 heavy (non-hydrogen) atoms. The van der Waals surface area contributed by atoms with Crippen LogP contribution in [-0.4, -0.2) is 29.1 Å². The molecule has 2 rings (SSSR count). The van der Waals surface area contributed by atoms with Crippen LogP contribution >= 0.6 is 12.4 Å². The molecule has 0 aliphatic rings. The molecule has 0 aliphatic heterocycles. The molecule has 0 spiro atoms. The molecule has 2 aromatic rings. The Balaban J connectivity index is 0.00000242. The molecule has 120 valence electrons. The average Bonchev–Trinajstić information content (AvgIpc) is 2.95. The third-order valence-corrected chi connectivity index (χ3v) is 2.50. The van der Waals surface area contributed by atoms with Gasteiger partial charge in [-0.1, -0.05) is 17.3 Å². The number of halogens is 4. The van der Waals surface area contributed by atoms with E-state index in [4.69, 9.17) is 5.73 Å². The monoisotopic (exact) mass is 336 g/mol. The zero-order valence-electron chi connectivity index (χ0n) is 11.1. The minimum absolute atomic E-state index is 0. The number of carbonyl (C=O) groups is 1. The van der Waals surface area contributed by atoms with Gasteiger partial charge in [0.25, 0.3) is 5.91 Å². The maximum atomic E-state index is 12.3. The second-order valence-corrected chi connectivity index (χ2v) is 4.04. The summed E-state index contributed by atoms with van der Waals surface area (Å²) in [5, 5.41) is 5.82. The lowest BCUT2D eigenvalue weighted by Crippen LogP contribution is -2.28. The summed E-state index contributed by atoms with van der Waals surface area (Å²) in [4.78, 5) is 14.9. The number of rotatable bonds is 4. The van der Waals surface area contributed by atoms with E-state index in [9.17, 15) is 18.0 Å². The van der Waals surface area contributed by atoms with Gasteiger partial charge in [0, 0.05) is 24.2 Å². The maximum absolute atomic E-state index is 12.3. The standard InChI is InChI=1S/C12H11F3N4O2.ClH/c13-12(14,15)11-18-9(19-21-11)7-1-3-8(4-2-7)10(20)17-6-5-16;/h1-4H,5-6,16H2,(H,17,20);1H. The molecule has 0 fully saturated rings. The van der Waals surface area contributed by atoms with Crippen molar-refractivity contribution in [2.24, 2.45) is 5.73 Å². The Morgan fingerprint density at radius 2 is 1.91 bits per heavy atom. The van der Waals surface area contributed by atoms with Crippen LogP contribution in [0.15, 0.2) is 28.8 Å². The van der Waals surface area contributed by atoms with Gasteiger partial charge in [-0.2, -0.15) is 18.2 Å². The summed E-state index contributed by atoms with van der Waals surface area (Å²) in [5.41, 5.74) is 5.92. The Kier molecular flexibility index (Phi) is 5.89. The van der Waals surface area contributed by atoms with Crippen LogP contribution in [0.2, 0.25) is 0 Å². The first-order valence-electron chi connectivity index (χ1n) is 5.91. The van der Waals surface area contributed by atoms with E-state index in [0.29, 0.717) is 24.2 Å². The molecule has 0 atom stereocenters. The summed E-state index contributed by atoms with van der Waals surface area (Å²) < 4.78 is 41.2. The fraction of sp³-hybridized carbons (Fsp3) is 0.250. The Labute approximate surface area is 129 Å². The molecule has 0 bridgehead atoms. The summed E-state index contributed by atoms with van der Waals surface area (Å²) in [5.74, 6) is -1.94. The van der Waals surface area contributed by atoms with Crippen LogP contribution < -0.4 is 11.1 Å². The minimum atomic E-state index is -4.69. The van der Waals surface area contributed by atoms with Gasteiger partial charge in [0.2, 0.25) is 5.82 Å². The average molecular weight is 337 g/mol. The van der Waals surface area contributed by atoms with Crippen molar-refractivity contribution in [1.29, 1.82) is 0 Å². The van der Waals surface area contributed by atoms with Crippen LogP contribution in [0.5, 0.6) is 0 Å². The van der Waals surface area contributed by atoms with Crippen molar-refractivity contribution in [3.05, 3.63) is 35.7 Å². The van der Waals surface area contributed by atoms with Gasteiger partial charge >= 0.3 is 12.1 Å². The van der Waals surface area contributed by atoms with Crippen molar-refractivity contribution >= 4 is 18.3 Å². The van der Waals surface area contributed by atoms with Crippen molar-refractivity contribution in [2.45, 2.75) is 6.18 Å². The molecule has 1 aromatic heterocycles. The summed E-state index contributed by atoms with van der Waals surface area (Å²) in [7, 11) is 0. The lowest BCUT2D eigenvalue weighted by Gasteiger charge is -2.03. The molecular weight excluding hydrogens is 325 g/mol. The number of nitrogens with two attached hydrogens (primary N) is 1. The smallest absolute Gasteiger partial charge is 0.351 e. The number of nitrogens with one attached hydrogen (secondary N) is 1. The first-order valence-corrected chi connectivity index (χ1v) is 5.91. The Bertz CT molecular complexity index is 628. The zero-order valence-corrected chi connectivity index (χ0v) is 11.9. The Morgan fingerprint density at radius 1 is 1.27 bits per heavy atom. The molecule has 6 nitrogen and oxygen atoms in total. The van der Waals surface area contributed by atoms with Crippen LogP contribution in [0.1, 0.15) is 16.2 Å². The number of hydrogen-bond acceptors (Lipinski definition) is 5. The number of aromatic nitrogens is 2. The molecule has 3 N–H and O–H groups in total. The Hall–Kier alpha value is -2.13. The van der Waals surface area contributed by atoms with E-state index in [2.05, 4.69) is 20.0 Å². The number of carbonyl (C=O) groups excluding carboxylic acids is 1. The van der Waals surface area contributed by atoms with Crippen LogP contribution in [0.3, 0.4) is 0 Å². The van der Waals surface area contributed by atoms with Gasteiger partial charge in [-0.05, 0) is 12.1 Å². The number of amides is 1. The topological polar surface area (TPSA) is 94.0 Å². The fourth-order valence-electron chi connectivity index (χ4n) is 1.51. The molecule has 0 unspecified atom stereocenters. The van der Waals surface area contributed by atoms with Gasteiger partial charge in [0.05, 0.1) is 0 Å². The van der Waals surface area contributed by atoms with Crippen molar-refractivity contribution < 1.29 is 22.5 Å². The lowest BCUT2D eigenvalue weighted by atomic mass is 10.1. The second-order valence-electron chi connectivity index (χ2n) is 4.04. The SMILES string of the molecule is Cl.NCCNC(=O)c1ccc(-c2noc(C(F)(F)F)n2)cc1. The summed E-state index contributed by atoms with van der Waals surface area (Å²) in [6, 6.07) is 5.76. The fourth-order valence-corrected chi connectivity index (χ4v) is 1.51. The van der Waals surface area contributed by atoms with E-state index in [0.717, 1.165) is 0 Å². The highest BCUT2D eigenvalue weighted by molar-refractivity contribution is 5.94. The highest BCUT2D eigenvalue weighted by Crippen LogP contribution is 2.29. The summed E-state index contributed by atoms with van der Waals surface area (Å²) >= 11 is 0. The van der Waals surface area contributed by atoms with Gasteiger partial charge in [-0.3, -0.25) is 4.79 Å². The van der Waals surface area contributed by atoms with Crippen molar-refractivity contribution in [3.63, 3.8) is 0 Å². The van der Waals surface area contributed by atoms with Gasteiger partial charge in [0.1, 0.15) is 0 Å². The first-order chi connectivity index (χ1) is 9.91. The van der Waals surface area contributed by atoms with Crippen LogP contribution in [0.25, 0.3) is 11.4 Å². The molecule has 0 saturated heterocycles. The van der Waals surface area contributed by atoms with Crippen molar-refractivity contribution in [3.8, 4) is 11.4 Å². The zero-order chi connectivity index (χ0) is 15.5. The van der Waals surface area contributed by atoms with E-state index < -0.39 is 12.1 Å². The summed E-state index contributed by atoms with van der Waals surface area (Å²) in [6.07, 6.45) is -4.69. The lowest BCUT2D eigenvalue weighted by molar-refractivity contribution is -0.159. The summed E-state index contributed by atoms with van der Waals surface area (Å²) in [6.45, 7) is 0.646. The van der Waals surface area contributed by atoms with E-state index in [1.807, 2.05) is 0 Å².